The van der Waals surface area contributed by atoms with Crippen LogP contribution in [0, 0.1) is 5.82 Å². The summed E-state index contributed by atoms with van der Waals surface area (Å²) in [5.74, 6) is 0.227. The van der Waals surface area contributed by atoms with E-state index in [2.05, 4.69) is 0 Å². The molecule has 1 unspecified atom stereocenters. The first kappa shape index (κ1) is 10.4. The fourth-order valence-electron chi connectivity index (χ4n) is 2.12. The van der Waals surface area contributed by atoms with Crippen LogP contribution in [-0.4, -0.2) is 18.3 Å². The minimum Gasteiger partial charge on any atom is -0.496 e. The summed E-state index contributed by atoms with van der Waals surface area (Å²) in [4.78, 5) is 0. The molecule has 1 aliphatic carbocycles. The van der Waals surface area contributed by atoms with E-state index in [0.717, 1.165) is 18.4 Å². The lowest BCUT2D eigenvalue weighted by Gasteiger charge is -2.21. The van der Waals surface area contributed by atoms with Crippen molar-refractivity contribution in [3.63, 3.8) is 0 Å². The molecule has 0 amide bonds. The smallest absolute Gasteiger partial charge is 0.126 e. The van der Waals surface area contributed by atoms with Gasteiger partial charge in [-0.15, -0.1) is 0 Å². The van der Waals surface area contributed by atoms with Crippen LogP contribution >= 0.6 is 0 Å². The van der Waals surface area contributed by atoms with Crippen molar-refractivity contribution in [3.05, 3.63) is 29.6 Å². The summed E-state index contributed by atoms with van der Waals surface area (Å²) in [7, 11) is 1.52. The van der Waals surface area contributed by atoms with Crippen LogP contribution < -0.4 is 4.74 Å². The summed E-state index contributed by atoms with van der Waals surface area (Å²) in [6.07, 6.45) is 1.45. The highest BCUT2D eigenvalue weighted by atomic mass is 19.1. The van der Waals surface area contributed by atoms with E-state index in [9.17, 15) is 9.50 Å². The first-order valence-corrected chi connectivity index (χ1v) is 5.12. The number of aliphatic hydroxyl groups excluding tert-OH is 1. The molecule has 1 N–H and O–H groups in total. The predicted molar refractivity (Wildman–Crippen MR) is 55.5 cm³/mol. The summed E-state index contributed by atoms with van der Waals surface area (Å²) in [5, 5.41) is 9.74. The summed E-state index contributed by atoms with van der Waals surface area (Å²) < 4.78 is 18.2. The van der Waals surface area contributed by atoms with Gasteiger partial charge < -0.3 is 9.84 Å². The Labute approximate surface area is 88.7 Å². The van der Waals surface area contributed by atoms with Crippen molar-refractivity contribution in [2.45, 2.75) is 31.3 Å². The van der Waals surface area contributed by atoms with E-state index < -0.39 is 6.10 Å². The van der Waals surface area contributed by atoms with Crippen LogP contribution in [0.25, 0.3) is 0 Å². The van der Waals surface area contributed by atoms with Crippen molar-refractivity contribution in [2.24, 2.45) is 0 Å². The Kier molecular flexibility index (Phi) is 2.43. The summed E-state index contributed by atoms with van der Waals surface area (Å²) >= 11 is 0. The molecular weight excluding hydrogens is 195 g/mol. The molecule has 0 aromatic heterocycles. The summed E-state index contributed by atoms with van der Waals surface area (Å²) in [6, 6.07) is 4.51. The Hall–Kier alpha value is -1.09. The van der Waals surface area contributed by atoms with E-state index in [1.807, 2.05) is 0 Å². The first-order valence-electron chi connectivity index (χ1n) is 5.12. The van der Waals surface area contributed by atoms with E-state index in [1.54, 1.807) is 13.0 Å². The average molecular weight is 210 g/mol. The standard InChI is InChI=1S/C12H15FO2/c1-8(14)12(5-6-12)10-4-3-9(13)7-11(10)15-2/h3-4,7-8,14H,5-6H2,1-2H3. The minimum atomic E-state index is -0.420. The molecular formula is C12H15FO2. The van der Waals surface area contributed by atoms with Gasteiger partial charge in [0, 0.05) is 17.0 Å². The van der Waals surface area contributed by atoms with Gasteiger partial charge in [-0.3, -0.25) is 0 Å². The molecule has 3 heteroatoms. The second-order valence-corrected chi connectivity index (χ2v) is 4.18. The Morgan fingerprint density at radius 2 is 2.13 bits per heavy atom. The maximum Gasteiger partial charge on any atom is 0.126 e. The van der Waals surface area contributed by atoms with Gasteiger partial charge in [-0.2, -0.15) is 0 Å². The highest BCUT2D eigenvalue weighted by Crippen LogP contribution is 2.53. The number of hydrogen-bond acceptors (Lipinski definition) is 2. The molecule has 0 radical (unpaired) electrons. The average Bonchev–Trinajstić information content (AvgIpc) is 2.98. The molecule has 1 aromatic rings. The van der Waals surface area contributed by atoms with Gasteiger partial charge in [0.1, 0.15) is 11.6 Å². The van der Waals surface area contributed by atoms with Crippen LogP contribution in [0.1, 0.15) is 25.3 Å². The Balaban J connectivity index is 2.44. The monoisotopic (exact) mass is 210 g/mol. The maximum atomic E-state index is 13.0. The van der Waals surface area contributed by atoms with Gasteiger partial charge in [-0.25, -0.2) is 4.39 Å². The third-order valence-corrected chi connectivity index (χ3v) is 3.29. The van der Waals surface area contributed by atoms with E-state index in [0.29, 0.717) is 5.75 Å². The molecule has 0 heterocycles. The van der Waals surface area contributed by atoms with Gasteiger partial charge in [0.2, 0.25) is 0 Å². The van der Waals surface area contributed by atoms with Gasteiger partial charge in [-0.05, 0) is 25.8 Å². The second-order valence-electron chi connectivity index (χ2n) is 4.18. The van der Waals surface area contributed by atoms with Gasteiger partial charge in [0.05, 0.1) is 13.2 Å². The normalized spacial score (nSPS) is 19.7. The zero-order valence-electron chi connectivity index (χ0n) is 8.96. The van der Waals surface area contributed by atoms with Crippen molar-refractivity contribution >= 4 is 0 Å². The highest BCUT2D eigenvalue weighted by molar-refractivity contribution is 5.44. The molecule has 1 aliphatic rings. The van der Waals surface area contributed by atoms with Gasteiger partial charge in [0.25, 0.3) is 0 Å². The molecule has 82 valence electrons. The molecule has 0 saturated heterocycles. The fraction of sp³-hybridized carbons (Fsp3) is 0.500. The number of rotatable bonds is 3. The zero-order valence-corrected chi connectivity index (χ0v) is 8.96. The number of aliphatic hydroxyl groups is 1. The number of hydrogen-bond donors (Lipinski definition) is 1. The molecule has 0 aliphatic heterocycles. The van der Waals surface area contributed by atoms with Crippen molar-refractivity contribution in [1.29, 1.82) is 0 Å². The van der Waals surface area contributed by atoms with Crippen LogP contribution in [0.3, 0.4) is 0 Å². The van der Waals surface area contributed by atoms with Crippen LogP contribution in [0.15, 0.2) is 18.2 Å². The minimum absolute atomic E-state index is 0.209. The van der Waals surface area contributed by atoms with Crippen molar-refractivity contribution in [2.75, 3.05) is 7.11 Å². The zero-order chi connectivity index (χ0) is 11.1. The number of methoxy groups -OCH3 is 1. The molecule has 15 heavy (non-hydrogen) atoms. The lowest BCUT2D eigenvalue weighted by molar-refractivity contribution is 0.149. The van der Waals surface area contributed by atoms with Gasteiger partial charge >= 0.3 is 0 Å². The van der Waals surface area contributed by atoms with E-state index in [1.165, 1.54) is 19.2 Å². The number of halogens is 1. The van der Waals surface area contributed by atoms with Crippen molar-refractivity contribution < 1.29 is 14.2 Å². The summed E-state index contributed by atoms with van der Waals surface area (Å²) in [6.45, 7) is 1.77. The quantitative estimate of drug-likeness (QED) is 0.829. The van der Waals surface area contributed by atoms with Crippen molar-refractivity contribution in [1.82, 2.24) is 0 Å². The van der Waals surface area contributed by atoms with Crippen LogP contribution in [0.2, 0.25) is 0 Å². The number of ether oxygens (including phenoxy) is 1. The van der Waals surface area contributed by atoms with Gasteiger partial charge in [-0.1, -0.05) is 6.07 Å². The largest absolute Gasteiger partial charge is 0.496 e. The lowest BCUT2D eigenvalue weighted by Crippen LogP contribution is -2.23. The fourth-order valence-corrected chi connectivity index (χ4v) is 2.12. The highest BCUT2D eigenvalue weighted by Gasteiger charge is 2.50. The molecule has 2 nitrogen and oxygen atoms in total. The van der Waals surface area contributed by atoms with E-state index in [-0.39, 0.29) is 11.2 Å². The SMILES string of the molecule is COc1cc(F)ccc1C1(C(C)O)CC1. The predicted octanol–water partition coefficient (Wildman–Crippen LogP) is 2.25. The van der Waals surface area contributed by atoms with Crippen molar-refractivity contribution in [3.8, 4) is 5.75 Å². The summed E-state index contributed by atoms with van der Waals surface area (Å²) in [5.41, 5.74) is 0.709. The maximum absolute atomic E-state index is 13.0. The molecule has 2 rings (SSSR count). The van der Waals surface area contributed by atoms with Crippen LogP contribution in [0.4, 0.5) is 4.39 Å². The third-order valence-electron chi connectivity index (χ3n) is 3.29. The molecule has 1 saturated carbocycles. The molecule has 0 spiro atoms. The lowest BCUT2D eigenvalue weighted by atomic mass is 9.90. The second kappa shape index (κ2) is 3.49. The third kappa shape index (κ3) is 1.61. The van der Waals surface area contributed by atoms with Crippen LogP contribution in [0.5, 0.6) is 5.75 Å². The number of benzene rings is 1. The van der Waals surface area contributed by atoms with Crippen LogP contribution in [-0.2, 0) is 5.41 Å². The van der Waals surface area contributed by atoms with E-state index >= 15 is 0 Å². The molecule has 1 atom stereocenters. The topological polar surface area (TPSA) is 29.5 Å². The van der Waals surface area contributed by atoms with Gasteiger partial charge in [0.15, 0.2) is 0 Å². The molecule has 1 aromatic carbocycles. The Morgan fingerprint density at radius 1 is 1.47 bits per heavy atom. The van der Waals surface area contributed by atoms with E-state index in [4.69, 9.17) is 4.74 Å². The molecule has 1 fully saturated rings. The molecule has 0 bridgehead atoms. The first-order chi connectivity index (χ1) is 7.10. The Morgan fingerprint density at radius 3 is 2.60 bits per heavy atom. The Bertz CT molecular complexity index is 370.